The van der Waals surface area contributed by atoms with Crippen molar-refractivity contribution in [2.24, 2.45) is 0 Å². The fraction of sp³-hybridized carbons (Fsp3) is 0.393. The molecule has 1 aromatic heterocycles. The summed E-state index contributed by atoms with van der Waals surface area (Å²) < 4.78 is 5.45. The van der Waals surface area contributed by atoms with Gasteiger partial charge >= 0.3 is 12.0 Å². The van der Waals surface area contributed by atoms with Gasteiger partial charge in [-0.15, -0.1) is 0 Å². The van der Waals surface area contributed by atoms with Crippen molar-refractivity contribution in [2.45, 2.75) is 33.2 Å². The van der Waals surface area contributed by atoms with Gasteiger partial charge in [-0.1, -0.05) is 37.8 Å². The molecule has 0 saturated carbocycles. The number of aromatic nitrogens is 2. The van der Waals surface area contributed by atoms with Crippen molar-refractivity contribution in [1.82, 2.24) is 14.9 Å². The van der Waals surface area contributed by atoms with Gasteiger partial charge < -0.3 is 34.8 Å². The minimum Gasteiger partial charge on any atom is -0.498 e. The molecule has 3 N–H and O–H groups in total. The first kappa shape index (κ1) is 26.8. The molecule has 38 heavy (non-hydrogen) atoms. The molecule has 1 fully saturated rings. The molecule has 2 aliphatic rings. The molecular formula is C28H35N5O5. The predicted octanol–water partition coefficient (Wildman–Crippen LogP) is 4.00. The molecule has 3 heterocycles. The number of carbonyl (C=O) groups is 1. The van der Waals surface area contributed by atoms with Gasteiger partial charge in [-0.2, -0.15) is 9.97 Å². The van der Waals surface area contributed by atoms with E-state index in [2.05, 4.69) is 59.5 Å². The summed E-state index contributed by atoms with van der Waals surface area (Å²) in [5, 5.41) is 27.7. The van der Waals surface area contributed by atoms with Crippen molar-refractivity contribution in [3.63, 3.8) is 0 Å². The summed E-state index contributed by atoms with van der Waals surface area (Å²) in [7, 11) is 1.55. The number of rotatable bonds is 7. The molecule has 4 rings (SSSR count). The molecule has 0 spiro atoms. The number of benzene rings is 1. The number of aliphatic hydroxyl groups is 3. The number of nitrogens with zero attached hydrogens (tertiary/aromatic N) is 5. The van der Waals surface area contributed by atoms with Gasteiger partial charge in [-0.3, -0.25) is 4.79 Å². The molecule has 10 nitrogen and oxygen atoms in total. The zero-order chi connectivity index (χ0) is 27.4. The Morgan fingerprint density at radius 1 is 1.11 bits per heavy atom. The van der Waals surface area contributed by atoms with Crippen molar-refractivity contribution in [3.8, 4) is 6.01 Å². The SMILES string of the molecule is C=Cc1cccc(N2CCc3c(nc(OC)nc3N3CCN(C(=O)C(O)=C(O)O)CC3)C2)c1/C(=C\C)CC. The second-order valence-corrected chi connectivity index (χ2v) is 9.20. The number of aliphatic hydroxyl groups excluding tert-OH is 2. The van der Waals surface area contributed by atoms with Crippen LogP contribution in [-0.4, -0.2) is 75.9 Å². The molecule has 0 aliphatic carbocycles. The molecule has 1 aromatic carbocycles. The van der Waals surface area contributed by atoms with Crippen LogP contribution in [0.5, 0.6) is 6.01 Å². The quantitative estimate of drug-likeness (QED) is 0.367. The van der Waals surface area contributed by atoms with E-state index in [-0.39, 0.29) is 6.01 Å². The van der Waals surface area contributed by atoms with Crippen LogP contribution in [0.3, 0.4) is 0 Å². The Bertz CT molecular complexity index is 1280. The standard InChI is InChI=1S/C28H35N5O5/c1-5-18(6-2)23-19(7-3)9-8-10-22(23)33-12-11-20-21(17-33)29-28(38-4)30-25(20)31-13-15-32(16-14-31)26(35)24(34)27(36)37/h5,7-10,34,36-37H,3,6,11-17H2,1-2,4H3/b18-5-. The van der Waals surface area contributed by atoms with E-state index in [1.165, 1.54) is 16.0 Å². The lowest BCUT2D eigenvalue weighted by molar-refractivity contribution is -0.131. The van der Waals surface area contributed by atoms with E-state index in [0.29, 0.717) is 32.7 Å². The van der Waals surface area contributed by atoms with Crippen LogP contribution in [0.4, 0.5) is 11.5 Å². The first-order valence-corrected chi connectivity index (χ1v) is 12.8. The monoisotopic (exact) mass is 521 g/mol. The number of piperazine rings is 1. The Hall–Kier alpha value is -4.21. The molecule has 0 radical (unpaired) electrons. The Labute approximate surface area is 222 Å². The van der Waals surface area contributed by atoms with Gasteiger partial charge in [-0.25, -0.2) is 0 Å². The van der Waals surface area contributed by atoms with Crippen LogP contribution >= 0.6 is 0 Å². The first-order valence-electron chi connectivity index (χ1n) is 12.8. The van der Waals surface area contributed by atoms with Gasteiger partial charge in [0.05, 0.1) is 19.3 Å². The highest BCUT2D eigenvalue weighted by atomic mass is 16.5. The van der Waals surface area contributed by atoms with Gasteiger partial charge in [-0.05, 0) is 37.0 Å². The minimum atomic E-state index is -1.38. The van der Waals surface area contributed by atoms with Gasteiger partial charge in [0, 0.05) is 49.5 Å². The zero-order valence-corrected chi connectivity index (χ0v) is 22.1. The second-order valence-electron chi connectivity index (χ2n) is 9.20. The van der Waals surface area contributed by atoms with E-state index < -0.39 is 17.6 Å². The number of amides is 1. The lowest BCUT2D eigenvalue weighted by atomic mass is 9.93. The summed E-state index contributed by atoms with van der Waals surface area (Å²) in [6.07, 6.45) is 5.72. The third-order valence-electron chi connectivity index (χ3n) is 7.17. The molecule has 202 valence electrons. The average molecular weight is 522 g/mol. The van der Waals surface area contributed by atoms with E-state index >= 15 is 0 Å². The molecule has 1 saturated heterocycles. The highest BCUT2D eigenvalue weighted by Gasteiger charge is 2.31. The molecule has 2 aromatic rings. The number of fused-ring (bicyclic) bond motifs is 1. The smallest absolute Gasteiger partial charge is 0.324 e. The highest BCUT2D eigenvalue weighted by molar-refractivity contribution is 5.91. The lowest BCUT2D eigenvalue weighted by Gasteiger charge is -2.38. The topological polar surface area (TPSA) is 122 Å². The molecule has 0 unspecified atom stereocenters. The average Bonchev–Trinajstić information content (AvgIpc) is 2.96. The van der Waals surface area contributed by atoms with E-state index in [9.17, 15) is 9.90 Å². The summed E-state index contributed by atoms with van der Waals surface area (Å²) in [4.78, 5) is 27.5. The Morgan fingerprint density at radius 3 is 2.45 bits per heavy atom. The van der Waals surface area contributed by atoms with Gasteiger partial charge in [0.15, 0.2) is 0 Å². The summed E-state index contributed by atoms with van der Waals surface area (Å²) in [6, 6.07) is 6.59. The number of ether oxygens (including phenoxy) is 1. The van der Waals surface area contributed by atoms with Gasteiger partial charge in [0.1, 0.15) is 5.82 Å². The normalized spacial score (nSPS) is 15.7. The van der Waals surface area contributed by atoms with Gasteiger partial charge in [0.25, 0.3) is 11.7 Å². The van der Waals surface area contributed by atoms with Crippen LogP contribution in [0.1, 0.15) is 42.7 Å². The van der Waals surface area contributed by atoms with E-state index in [1.54, 1.807) is 7.11 Å². The van der Waals surface area contributed by atoms with Crippen LogP contribution in [0.15, 0.2) is 42.6 Å². The summed E-state index contributed by atoms with van der Waals surface area (Å²) in [6.45, 7) is 11.2. The van der Waals surface area contributed by atoms with Crippen molar-refractivity contribution in [3.05, 3.63) is 64.9 Å². The maximum absolute atomic E-state index is 12.3. The number of hydrogen-bond acceptors (Lipinski definition) is 9. The predicted molar refractivity (Wildman–Crippen MR) is 148 cm³/mol. The third kappa shape index (κ3) is 5.11. The van der Waals surface area contributed by atoms with Crippen LogP contribution in [0.25, 0.3) is 11.6 Å². The van der Waals surface area contributed by atoms with E-state index in [4.69, 9.17) is 19.9 Å². The Morgan fingerprint density at radius 2 is 1.84 bits per heavy atom. The summed E-state index contributed by atoms with van der Waals surface area (Å²) >= 11 is 0. The minimum absolute atomic E-state index is 0.285. The van der Waals surface area contributed by atoms with Crippen molar-refractivity contribution in [2.75, 3.05) is 49.6 Å². The van der Waals surface area contributed by atoms with Gasteiger partial charge in [0.2, 0.25) is 0 Å². The van der Waals surface area contributed by atoms with Crippen LogP contribution in [0.2, 0.25) is 0 Å². The fourth-order valence-corrected chi connectivity index (χ4v) is 5.18. The Kier molecular flexibility index (Phi) is 8.09. The highest BCUT2D eigenvalue weighted by Crippen LogP contribution is 2.37. The molecule has 10 heteroatoms. The summed E-state index contributed by atoms with van der Waals surface area (Å²) in [5.74, 6) is -2.46. The fourth-order valence-electron chi connectivity index (χ4n) is 5.18. The van der Waals surface area contributed by atoms with E-state index in [0.717, 1.165) is 47.7 Å². The maximum atomic E-state index is 12.3. The summed E-state index contributed by atoms with van der Waals surface area (Å²) in [5.41, 5.74) is 6.67. The number of anilines is 2. The molecular weight excluding hydrogens is 486 g/mol. The van der Waals surface area contributed by atoms with E-state index in [1.807, 2.05) is 6.08 Å². The van der Waals surface area contributed by atoms with Crippen LogP contribution in [-0.2, 0) is 17.8 Å². The Balaban J connectivity index is 1.63. The zero-order valence-electron chi connectivity index (χ0n) is 22.1. The van der Waals surface area contributed by atoms with Crippen molar-refractivity contribution < 1.29 is 24.9 Å². The molecule has 2 aliphatic heterocycles. The van der Waals surface area contributed by atoms with Crippen LogP contribution < -0.4 is 14.5 Å². The first-order chi connectivity index (χ1) is 18.3. The number of methoxy groups -OCH3 is 1. The third-order valence-corrected chi connectivity index (χ3v) is 7.17. The molecule has 1 amide bonds. The maximum Gasteiger partial charge on any atom is 0.324 e. The molecule has 0 bridgehead atoms. The largest absolute Gasteiger partial charge is 0.498 e. The second kappa shape index (κ2) is 11.5. The van der Waals surface area contributed by atoms with Crippen molar-refractivity contribution >= 4 is 29.1 Å². The molecule has 0 atom stereocenters. The number of carbonyl (C=O) groups excluding carboxylic acids is 1. The van der Waals surface area contributed by atoms with Crippen molar-refractivity contribution in [1.29, 1.82) is 0 Å². The number of allylic oxidation sites excluding steroid dienone is 2. The number of hydrogen-bond donors (Lipinski definition) is 3. The lowest BCUT2D eigenvalue weighted by Crippen LogP contribution is -2.50. The van der Waals surface area contributed by atoms with Crippen LogP contribution in [0, 0.1) is 0 Å².